The lowest BCUT2D eigenvalue weighted by atomic mass is 9.97. The third-order valence-corrected chi connectivity index (χ3v) is 3.66. The van der Waals surface area contributed by atoms with E-state index in [1.165, 1.54) is 0 Å². The third-order valence-electron chi connectivity index (χ3n) is 3.66. The van der Waals surface area contributed by atoms with Crippen LogP contribution in [-0.4, -0.2) is 20.1 Å². The Morgan fingerprint density at radius 2 is 1.83 bits per heavy atom. The molecule has 2 aromatic heterocycles. The van der Waals surface area contributed by atoms with Gasteiger partial charge in [-0.15, -0.1) is 0 Å². The predicted octanol–water partition coefficient (Wildman–Crippen LogP) is 4.00. The Kier molecular flexibility index (Phi) is 4.29. The zero-order chi connectivity index (χ0) is 17.2. The number of benzene rings is 1. The monoisotopic (exact) mass is 323 g/mol. The fraction of sp³-hybridized carbons (Fsp3) is 0.333. The molecule has 3 aromatic rings. The van der Waals surface area contributed by atoms with Gasteiger partial charge in [-0.1, -0.05) is 50.2 Å². The van der Waals surface area contributed by atoms with E-state index >= 15 is 0 Å². The van der Waals surface area contributed by atoms with Crippen molar-refractivity contribution >= 4 is 5.82 Å². The first-order chi connectivity index (χ1) is 11.4. The van der Waals surface area contributed by atoms with Crippen LogP contribution in [0.5, 0.6) is 0 Å². The first-order valence-electron chi connectivity index (χ1n) is 7.90. The second-order valence-electron chi connectivity index (χ2n) is 6.75. The van der Waals surface area contributed by atoms with Gasteiger partial charge < -0.3 is 9.84 Å². The van der Waals surface area contributed by atoms with Crippen molar-refractivity contribution in [2.24, 2.45) is 0 Å². The van der Waals surface area contributed by atoms with Crippen molar-refractivity contribution in [3.63, 3.8) is 0 Å². The molecule has 124 valence electrons. The minimum atomic E-state index is -0.152. The average molecular weight is 323 g/mol. The number of rotatable bonds is 4. The van der Waals surface area contributed by atoms with Crippen molar-refractivity contribution < 1.29 is 4.52 Å². The molecule has 0 aliphatic rings. The maximum atomic E-state index is 5.35. The van der Waals surface area contributed by atoms with Crippen LogP contribution in [0.1, 0.15) is 45.2 Å². The molecule has 0 radical (unpaired) electrons. The summed E-state index contributed by atoms with van der Waals surface area (Å²) in [7, 11) is 0. The van der Waals surface area contributed by atoms with Gasteiger partial charge in [0.2, 0.25) is 11.7 Å². The van der Waals surface area contributed by atoms with Crippen LogP contribution in [-0.2, 0) is 5.41 Å². The molecule has 1 atom stereocenters. The number of anilines is 1. The van der Waals surface area contributed by atoms with Crippen molar-refractivity contribution in [1.82, 2.24) is 20.1 Å². The minimum absolute atomic E-state index is 0.117. The Labute approximate surface area is 141 Å². The molecule has 0 aliphatic heterocycles. The van der Waals surface area contributed by atoms with E-state index in [2.05, 4.69) is 44.5 Å². The number of hydrogen-bond acceptors (Lipinski definition) is 6. The van der Waals surface area contributed by atoms with Crippen molar-refractivity contribution in [2.45, 2.75) is 39.2 Å². The van der Waals surface area contributed by atoms with E-state index in [-0.39, 0.29) is 11.5 Å². The van der Waals surface area contributed by atoms with E-state index in [1.54, 1.807) is 18.6 Å². The quantitative estimate of drug-likeness (QED) is 0.782. The highest BCUT2D eigenvalue weighted by Crippen LogP contribution is 2.25. The van der Waals surface area contributed by atoms with E-state index in [1.807, 2.05) is 32.9 Å². The number of hydrogen-bond donors (Lipinski definition) is 1. The SMILES string of the molecule is C[C@@H](Nc1cnccn1)c1ccc(-c2noc(C(C)(C)C)n2)cc1. The lowest BCUT2D eigenvalue weighted by Gasteiger charge is -2.14. The summed E-state index contributed by atoms with van der Waals surface area (Å²) in [5.74, 6) is 2.00. The van der Waals surface area contributed by atoms with Crippen LogP contribution >= 0.6 is 0 Å². The Morgan fingerprint density at radius 1 is 1.08 bits per heavy atom. The maximum absolute atomic E-state index is 5.35. The summed E-state index contributed by atoms with van der Waals surface area (Å²) in [6.07, 6.45) is 5.03. The van der Waals surface area contributed by atoms with E-state index < -0.39 is 0 Å². The number of nitrogens with one attached hydrogen (secondary N) is 1. The van der Waals surface area contributed by atoms with Gasteiger partial charge in [0.05, 0.1) is 6.20 Å². The molecule has 2 heterocycles. The largest absolute Gasteiger partial charge is 0.362 e. The molecule has 24 heavy (non-hydrogen) atoms. The number of nitrogens with zero attached hydrogens (tertiary/aromatic N) is 4. The van der Waals surface area contributed by atoms with Crippen LogP contribution in [0.3, 0.4) is 0 Å². The van der Waals surface area contributed by atoms with Crippen LogP contribution in [0.4, 0.5) is 5.82 Å². The summed E-state index contributed by atoms with van der Waals surface area (Å²) in [6, 6.07) is 8.22. The van der Waals surface area contributed by atoms with Crippen molar-refractivity contribution in [3.05, 3.63) is 54.3 Å². The predicted molar refractivity (Wildman–Crippen MR) is 92.5 cm³/mol. The average Bonchev–Trinajstić information content (AvgIpc) is 3.06. The molecule has 0 saturated heterocycles. The van der Waals surface area contributed by atoms with E-state index in [9.17, 15) is 0 Å². The Morgan fingerprint density at radius 3 is 2.42 bits per heavy atom. The van der Waals surface area contributed by atoms with Gasteiger partial charge in [0.1, 0.15) is 5.82 Å². The third kappa shape index (κ3) is 3.59. The summed E-state index contributed by atoms with van der Waals surface area (Å²) in [4.78, 5) is 12.8. The maximum Gasteiger partial charge on any atom is 0.232 e. The smallest absolute Gasteiger partial charge is 0.232 e. The van der Waals surface area contributed by atoms with Crippen molar-refractivity contribution in [2.75, 3.05) is 5.32 Å². The van der Waals surface area contributed by atoms with Crippen LogP contribution in [0.25, 0.3) is 11.4 Å². The molecule has 0 amide bonds. The molecule has 0 fully saturated rings. The van der Waals surface area contributed by atoms with Crippen LogP contribution in [0.15, 0.2) is 47.4 Å². The minimum Gasteiger partial charge on any atom is -0.362 e. The van der Waals surface area contributed by atoms with Crippen LogP contribution in [0, 0.1) is 0 Å². The van der Waals surface area contributed by atoms with Crippen molar-refractivity contribution in [1.29, 1.82) is 0 Å². The molecule has 0 saturated carbocycles. The normalized spacial score (nSPS) is 12.8. The van der Waals surface area contributed by atoms with Gasteiger partial charge in [0, 0.05) is 29.4 Å². The summed E-state index contributed by atoms with van der Waals surface area (Å²) >= 11 is 0. The highest BCUT2D eigenvalue weighted by molar-refractivity contribution is 5.55. The van der Waals surface area contributed by atoms with E-state index in [0.717, 1.165) is 16.9 Å². The summed E-state index contributed by atoms with van der Waals surface area (Å²) < 4.78 is 5.35. The van der Waals surface area contributed by atoms with Crippen LogP contribution in [0.2, 0.25) is 0 Å². The Bertz CT molecular complexity index is 790. The van der Waals surface area contributed by atoms with Gasteiger partial charge in [-0.25, -0.2) is 4.98 Å². The standard InChI is InChI=1S/C18H21N5O/c1-12(21-15-11-19-9-10-20-15)13-5-7-14(8-6-13)16-22-17(24-23-16)18(2,3)4/h5-12H,1-4H3,(H,20,21)/t12-/m1/s1. The molecule has 0 spiro atoms. The molecular weight excluding hydrogens is 302 g/mol. The topological polar surface area (TPSA) is 76.7 Å². The molecule has 1 aromatic carbocycles. The zero-order valence-electron chi connectivity index (χ0n) is 14.3. The summed E-state index contributed by atoms with van der Waals surface area (Å²) in [5, 5.41) is 7.39. The van der Waals surface area contributed by atoms with Gasteiger partial charge in [-0.05, 0) is 12.5 Å². The fourth-order valence-electron chi connectivity index (χ4n) is 2.25. The molecule has 1 N–H and O–H groups in total. The lowest BCUT2D eigenvalue weighted by Crippen LogP contribution is -2.11. The highest BCUT2D eigenvalue weighted by Gasteiger charge is 2.22. The summed E-state index contributed by atoms with van der Waals surface area (Å²) in [6.45, 7) is 8.23. The molecular formula is C18H21N5O. The molecule has 6 nitrogen and oxygen atoms in total. The molecule has 0 bridgehead atoms. The molecule has 3 rings (SSSR count). The van der Waals surface area contributed by atoms with Gasteiger partial charge >= 0.3 is 0 Å². The van der Waals surface area contributed by atoms with E-state index in [0.29, 0.717) is 11.7 Å². The zero-order valence-corrected chi connectivity index (χ0v) is 14.3. The van der Waals surface area contributed by atoms with Crippen LogP contribution < -0.4 is 5.32 Å². The van der Waals surface area contributed by atoms with Gasteiger partial charge in [0.15, 0.2) is 0 Å². The van der Waals surface area contributed by atoms with Gasteiger partial charge in [-0.2, -0.15) is 4.98 Å². The van der Waals surface area contributed by atoms with Crippen molar-refractivity contribution in [3.8, 4) is 11.4 Å². The fourth-order valence-corrected chi connectivity index (χ4v) is 2.25. The van der Waals surface area contributed by atoms with Gasteiger partial charge in [0.25, 0.3) is 0 Å². The molecule has 6 heteroatoms. The second kappa shape index (κ2) is 6.39. The van der Waals surface area contributed by atoms with Gasteiger partial charge in [-0.3, -0.25) is 4.98 Å². The Balaban J connectivity index is 1.74. The van der Waals surface area contributed by atoms with E-state index in [4.69, 9.17) is 4.52 Å². The number of aromatic nitrogens is 4. The second-order valence-corrected chi connectivity index (χ2v) is 6.75. The molecule has 0 aliphatic carbocycles. The summed E-state index contributed by atoms with van der Waals surface area (Å²) in [5.41, 5.74) is 1.93. The molecule has 0 unspecified atom stereocenters. The Hall–Kier alpha value is -2.76. The first-order valence-corrected chi connectivity index (χ1v) is 7.90. The highest BCUT2D eigenvalue weighted by atomic mass is 16.5. The lowest BCUT2D eigenvalue weighted by molar-refractivity contribution is 0.321. The first kappa shape index (κ1) is 16.1.